The van der Waals surface area contributed by atoms with Crippen LogP contribution in [0.2, 0.25) is 0 Å². The molecule has 1 atom stereocenters. The van der Waals surface area contributed by atoms with Gasteiger partial charge in [-0.15, -0.1) is 0 Å². The van der Waals surface area contributed by atoms with Gasteiger partial charge in [-0.2, -0.15) is 0 Å². The lowest BCUT2D eigenvalue weighted by Gasteiger charge is -2.28. The van der Waals surface area contributed by atoms with E-state index in [9.17, 15) is 0 Å². The van der Waals surface area contributed by atoms with Crippen molar-refractivity contribution in [1.29, 1.82) is 0 Å². The first kappa shape index (κ1) is 14.8. The average Bonchev–Trinajstić information content (AvgIpc) is 2.52. The van der Waals surface area contributed by atoms with Crippen LogP contribution in [-0.2, 0) is 5.41 Å². The summed E-state index contributed by atoms with van der Waals surface area (Å²) >= 11 is 0. The molecule has 0 amide bonds. The monoisotopic (exact) mass is 298 g/mol. The maximum atomic E-state index is 6.04. The van der Waals surface area contributed by atoms with Gasteiger partial charge in [-0.1, -0.05) is 45.0 Å². The smallest absolute Gasteiger partial charge is 0.166 e. The number of fused-ring (bicyclic) bond motifs is 1. The summed E-state index contributed by atoms with van der Waals surface area (Å²) in [5.41, 5.74) is 1.32. The lowest BCUT2D eigenvalue weighted by Crippen LogP contribution is -2.34. The summed E-state index contributed by atoms with van der Waals surface area (Å²) in [6.07, 6.45) is -0.0945. The van der Waals surface area contributed by atoms with E-state index in [2.05, 4.69) is 32.9 Å². The highest BCUT2D eigenvalue weighted by Gasteiger charge is 2.24. The fourth-order valence-electron chi connectivity index (χ4n) is 2.37. The van der Waals surface area contributed by atoms with Gasteiger partial charge >= 0.3 is 0 Å². The Hall–Kier alpha value is -2.16. The Balaban J connectivity index is 1.67. The minimum Gasteiger partial charge on any atom is -0.490 e. The molecule has 3 nitrogen and oxygen atoms in total. The number of hydrogen-bond donors (Lipinski definition) is 0. The summed E-state index contributed by atoms with van der Waals surface area (Å²) in [5, 5.41) is 0. The Morgan fingerprint density at radius 3 is 2.55 bits per heavy atom. The Morgan fingerprint density at radius 2 is 1.82 bits per heavy atom. The molecule has 1 heterocycles. The van der Waals surface area contributed by atoms with Gasteiger partial charge in [0.05, 0.1) is 0 Å². The lowest BCUT2D eigenvalue weighted by molar-refractivity contribution is 0.0533. The van der Waals surface area contributed by atoms with Gasteiger partial charge in [0.15, 0.2) is 17.6 Å². The fourth-order valence-corrected chi connectivity index (χ4v) is 2.37. The largest absolute Gasteiger partial charge is 0.490 e. The Bertz CT molecular complexity index is 629. The molecule has 2 aromatic rings. The van der Waals surface area contributed by atoms with Crippen LogP contribution in [0.15, 0.2) is 48.5 Å². The molecule has 3 rings (SSSR count). The van der Waals surface area contributed by atoms with Crippen molar-refractivity contribution in [2.24, 2.45) is 0 Å². The SMILES string of the molecule is CC(C)(C)c1ccc2c(c1)OC(COc1ccccc1)CO2. The van der Waals surface area contributed by atoms with Gasteiger partial charge in [0.2, 0.25) is 0 Å². The quantitative estimate of drug-likeness (QED) is 0.850. The van der Waals surface area contributed by atoms with E-state index in [1.165, 1.54) is 5.56 Å². The highest BCUT2D eigenvalue weighted by molar-refractivity contribution is 5.45. The summed E-state index contributed by atoms with van der Waals surface area (Å²) in [6.45, 7) is 7.55. The molecule has 0 spiro atoms. The molecule has 0 saturated heterocycles. The normalized spacial score (nSPS) is 17.1. The molecule has 1 unspecified atom stereocenters. The van der Waals surface area contributed by atoms with Crippen molar-refractivity contribution in [2.45, 2.75) is 32.3 Å². The molecule has 0 radical (unpaired) electrons. The van der Waals surface area contributed by atoms with E-state index in [4.69, 9.17) is 14.2 Å². The summed E-state index contributed by atoms with van der Waals surface area (Å²) in [4.78, 5) is 0. The van der Waals surface area contributed by atoms with Gasteiger partial charge in [-0.05, 0) is 35.2 Å². The Morgan fingerprint density at radius 1 is 1.05 bits per heavy atom. The van der Waals surface area contributed by atoms with Gasteiger partial charge in [0, 0.05) is 0 Å². The molecule has 0 fully saturated rings. The molecule has 2 aromatic carbocycles. The van der Waals surface area contributed by atoms with E-state index >= 15 is 0 Å². The zero-order valence-corrected chi connectivity index (χ0v) is 13.3. The van der Waals surface area contributed by atoms with Crippen molar-refractivity contribution >= 4 is 0 Å². The topological polar surface area (TPSA) is 27.7 Å². The van der Waals surface area contributed by atoms with Gasteiger partial charge in [-0.25, -0.2) is 0 Å². The average molecular weight is 298 g/mol. The van der Waals surface area contributed by atoms with Crippen LogP contribution in [0.4, 0.5) is 0 Å². The van der Waals surface area contributed by atoms with Crippen LogP contribution < -0.4 is 14.2 Å². The van der Waals surface area contributed by atoms with Gasteiger partial charge in [-0.3, -0.25) is 0 Å². The van der Waals surface area contributed by atoms with Crippen LogP contribution in [0.3, 0.4) is 0 Å². The Labute approximate surface area is 131 Å². The lowest BCUT2D eigenvalue weighted by atomic mass is 9.87. The van der Waals surface area contributed by atoms with E-state index in [1.54, 1.807) is 0 Å². The van der Waals surface area contributed by atoms with Crippen LogP contribution in [0.1, 0.15) is 26.3 Å². The molecular weight excluding hydrogens is 276 g/mol. The second kappa shape index (κ2) is 5.91. The van der Waals surface area contributed by atoms with E-state index in [1.807, 2.05) is 36.4 Å². The van der Waals surface area contributed by atoms with Gasteiger partial charge < -0.3 is 14.2 Å². The van der Waals surface area contributed by atoms with Crippen LogP contribution >= 0.6 is 0 Å². The van der Waals surface area contributed by atoms with E-state index in [0.29, 0.717) is 13.2 Å². The van der Waals surface area contributed by atoms with Gasteiger partial charge in [0.1, 0.15) is 19.0 Å². The molecule has 0 bridgehead atoms. The molecule has 116 valence electrons. The third-order valence-corrected chi connectivity index (χ3v) is 3.71. The summed E-state index contributed by atoms with van der Waals surface area (Å²) in [5.74, 6) is 2.46. The molecular formula is C19H22O3. The summed E-state index contributed by atoms with van der Waals surface area (Å²) < 4.78 is 17.6. The summed E-state index contributed by atoms with van der Waals surface area (Å²) in [7, 11) is 0. The molecule has 0 aromatic heterocycles. The second-order valence-corrected chi connectivity index (χ2v) is 6.59. The molecule has 22 heavy (non-hydrogen) atoms. The fraction of sp³-hybridized carbons (Fsp3) is 0.368. The highest BCUT2D eigenvalue weighted by Crippen LogP contribution is 2.36. The zero-order chi connectivity index (χ0) is 15.6. The molecule has 1 aliphatic heterocycles. The molecule has 1 aliphatic rings. The summed E-state index contributed by atoms with van der Waals surface area (Å²) in [6, 6.07) is 15.9. The van der Waals surface area contributed by atoms with Crippen molar-refractivity contribution in [1.82, 2.24) is 0 Å². The van der Waals surface area contributed by atoms with Crippen molar-refractivity contribution in [3.63, 3.8) is 0 Å². The van der Waals surface area contributed by atoms with Crippen molar-refractivity contribution in [3.05, 3.63) is 54.1 Å². The predicted molar refractivity (Wildman–Crippen MR) is 87.0 cm³/mol. The number of benzene rings is 2. The maximum absolute atomic E-state index is 6.04. The number of rotatable bonds is 3. The molecule has 3 heteroatoms. The number of ether oxygens (including phenoxy) is 3. The zero-order valence-electron chi connectivity index (χ0n) is 13.3. The van der Waals surface area contributed by atoms with Crippen LogP contribution in [-0.4, -0.2) is 19.3 Å². The standard InChI is InChI=1S/C19H22O3/c1-19(2,3)14-9-10-17-18(11-14)22-16(13-21-17)12-20-15-7-5-4-6-8-15/h4-11,16H,12-13H2,1-3H3. The molecule has 0 N–H and O–H groups in total. The van der Waals surface area contributed by atoms with Crippen molar-refractivity contribution < 1.29 is 14.2 Å². The van der Waals surface area contributed by atoms with Crippen LogP contribution in [0.25, 0.3) is 0 Å². The second-order valence-electron chi connectivity index (χ2n) is 6.59. The van der Waals surface area contributed by atoms with E-state index in [0.717, 1.165) is 17.2 Å². The van der Waals surface area contributed by atoms with Crippen LogP contribution in [0, 0.1) is 0 Å². The highest BCUT2D eigenvalue weighted by atomic mass is 16.6. The Kier molecular flexibility index (Phi) is 3.97. The third-order valence-electron chi connectivity index (χ3n) is 3.71. The minimum absolute atomic E-state index is 0.0892. The van der Waals surface area contributed by atoms with E-state index in [-0.39, 0.29) is 11.5 Å². The minimum atomic E-state index is -0.0945. The first-order valence-electron chi connectivity index (χ1n) is 7.64. The van der Waals surface area contributed by atoms with E-state index < -0.39 is 0 Å². The third kappa shape index (κ3) is 3.35. The molecule has 0 aliphatic carbocycles. The van der Waals surface area contributed by atoms with Gasteiger partial charge in [0.25, 0.3) is 0 Å². The number of hydrogen-bond acceptors (Lipinski definition) is 3. The number of para-hydroxylation sites is 1. The van der Waals surface area contributed by atoms with Crippen LogP contribution in [0.5, 0.6) is 17.2 Å². The van der Waals surface area contributed by atoms with Crippen molar-refractivity contribution in [3.8, 4) is 17.2 Å². The first-order chi connectivity index (χ1) is 10.5. The maximum Gasteiger partial charge on any atom is 0.166 e. The first-order valence-corrected chi connectivity index (χ1v) is 7.64. The molecule has 0 saturated carbocycles. The predicted octanol–water partition coefficient (Wildman–Crippen LogP) is 4.20. The van der Waals surface area contributed by atoms with Crippen molar-refractivity contribution in [2.75, 3.05) is 13.2 Å².